The number of amides is 1. The van der Waals surface area contributed by atoms with E-state index in [9.17, 15) is 4.79 Å². The van der Waals surface area contributed by atoms with Gasteiger partial charge in [0.25, 0.3) is 5.91 Å². The second-order valence-electron chi connectivity index (χ2n) is 5.05. The van der Waals surface area contributed by atoms with Gasteiger partial charge in [-0.15, -0.1) is 0 Å². The Morgan fingerprint density at radius 1 is 1.23 bits per heavy atom. The molecule has 1 aliphatic rings. The van der Waals surface area contributed by atoms with Crippen LogP contribution in [-0.4, -0.2) is 15.9 Å². The van der Waals surface area contributed by atoms with E-state index in [4.69, 9.17) is 9.15 Å². The number of carbonyl (C=O) groups excluding carboxylic acids is 1. The lowest BCUT2D eigenvalue weighted by Gasteiger charge is -2.07. The highest BCUT2D eigenvalue weighted by molar-refractivity contribution is 5.96. The average molecular weight is 295 g/mol. The zero-order valence-corrected chi connectivity index (χ0v) is 11.7. The molecule has 0 saturated heterocycles. The molecule has 1 aliphatic heterocycles. The number of rotatable bonds is 3. The van der Waals surface area contributed by atoms with Gasteiger partial charge < -0.3 is 14.5 Å². The highest BCUT2D eigenvalue weighted by Crippen LogP contribution is 2.23. The third kappa shape index (κ3) is 2.23. The molecule has 4 rings (SSSR count). The second-order valence-corrected chi connectivity index (χ2v) is 5.05. The molecule has 110 valence electrons. The van der Waals surface area contributed by atoms with E-state index in [2.05, 4.69) is 15.3 Å². The highest BCUT2D eigenvalue weighted by Gasteiger charge is 2.19. The van der Waals surface area contributed by atoms with Crippen LogP contribution in [0.1, 0.15) is 27.4 Å². The Bertz CT molecular complexity index is 824. The molecule has 6 heteroatoms. The summed E-state index contributed by atoms with van der Waals surface area (Å²) >= 11 is 0. The number of carbonyl (C=O) groups is 1. The Balaban J connectivity index is 1.52. The fraction of sp³-hybridized carbons (Fsp3) is 0.188. The van der Waals surface area contributed by atoms with E-state index in [1.807, 2.05) is 12.1 Å². The molecule has 1 amide bonds. The van der Waals surface area contributed by atoms with Crippen molar-refractivity contribution in [2.75, 3.05) is 0 Å². The van der Waals surface area contributed by atoms with Gasteiger partial charge in [0.05, 0.1) is 19.8 Å². The van der Waals surface area contributed by atoms with Crippen LogP contribution < -0.4 is 5.32 Å². The standard InChI is InChI=1S/C16H13N3O3/c20-16(11-4-1-3-10-8-21-9-12(10)11)18-7-14-19-15-13(22-14)5-2-6-17-15/h1-6H,7-9H2,(H,18,20). The third-order valence-corrected chi connectivity index (χ3v) is 3.63. The van der Waals surface area contributed by atoms with E-state index in [1.54, 1.807) is 24.4 Å². The molecule has 0 aliphatic carbocycles. The quantitative estimate of drug-likeness (QED) is 0.801. The van der Waals surface area contributed by atoms with Crippen molar-refractivity contribution in [3.8, 4) is 0 Å². The lowest BCUT2D eigenvalue weighted by Crippen LogP contribution is -2.24. The molecule has 3 heterocycles. The number of pyridine rings is 1. The first-order chi connectivity index (χ1) is 10.8. The maximum absolute atomic E-state index is 12.3. The summed E-state index contributed by atoms with van der Waals surface area (Å²) in [5.74, 6) is 0.281. The summed E-state index contributed by atoms with van der Waals surface area (Å²) in [4.78, 5) is 20.7. The zero-order valence-electron chi connectivity index (χ0n) is 11.7. The molecule has 1 N–H and O–H groups in total. The van der Waals surface area contributed by atoms with Crippen LogP contribution in [0.3, 0.4) is 0 Å². The molecule has 0 bridgehead atoms. The predicted molar refractivity (Wildman–Crippen MR) is 77.9 cm³/mol. The molecule has 3 aromatic rings. The number of nitrogens with zero attached hydrogens (tertiary/aromatic N) is 2. The number of oxazole rings is 1. The Kier molecular flexibility index (Phi) is 3.08. The van der Waals surface area contributed by atoms with Gasteiger partial charge in [-0.25, -0.2) is 4.98 Å². The molecule has 0 radical (unpaired) electrons. The van der Waals surface area contributed by atoms with Gasteiger partial charge in [-0.2, -0.15) is 4.98 Å². The van der Waals surface area contributed by atoms with Crippen molar-refractivity contribution in [2.45, 2.75) is 19.8 Å². The van der Waals surface area contributed by atoms with Crippen LogP contribution in [0.5, 0.6) is 0 Å². The maximum Gasteiger partial charge on any atom is 0.252 e. The lowest BCUT2D eigenvalue weighted by molar-refractivity contribution is 0.0942. The van der Waals surface area contributed by atoms with Gasteiger partial charge in [0.1, 0.15) is 0 Å². The Morgan fingerprint density at radius 3 is 3.09 bits per heavy atom. The first kappa shape index (κ1) is 13.0. The largest absolute Gasteiger partial charge is 0.437 e. The third-order valence-electron chi connectivity index (χ3n) is 3.63. The van der Waals surface area contributed by atoms with Gasteiger partial charge in [0.2, 0.25) is 5.89 Å². The van der Waals surface area contributed by atoms with Crippen molar-refractivity contribution in [3.63, 3.8) is 0 Å². The number of hydrogen-bond donors (Lipinski definition) is 1. The Labute approximate surface area is 126 Å². The second kappa shape index (κ2) is 5.23. The van der Waals surface area contributed by atoms with Crippen LogP contribution in [0, 0.1) is 0 Å². The number of fused-ring (bicyclic) bond motifs is 2. The molecule has 0 saturated carbocycles. The molecule has 0 atom stereocenters. The summed E-state index contributed by atoms with van der Waals surface area (Å²) in [5, 5.41) is 2.83. The summed E-state index contributed by atoms with van der Waals surface area (Å²) in [6, 6.07) is 9.22. The number of ether oxygens (including phenoxy) is 1. The molecule has 22 heavy (non-hydrogen) atoms. The molecule has 6 nitrogen and oxygen atoms in total. The van der Waals surface area contributed by atoms with Crippen molar-refractivity contribution < 1.29 is 13.9 Å². The van der Waals surface area contributed by atoms with Crippen molar-refractivity contribution in [2.24, 2.45) is 0 Å². The highest BCUT2D eigenvalue weighted by atomic mass is 16.5. The van der Waals surface area contributed by atoms with Gasteiger partial charge >= 0.3 is 0 Å². The van der Waals surface area contributed by atoms with E-state index in [1.165, 1.54) is 0 Å². The number of nitrogens with one attached hydrogen (secondary N) is 1. The van der Waals surface area contributed by atoms with Gasteiger partial charge in [-0.1, -0.05) is 12.1 Å². The number of hydrogen-bond acceptors (Lipinski definition) is 5. The van der Waals surface area contributed by atoms with Crippen molar-refractivity contribution >= 4 is 17.1 Å². The predicted octanol–water partition coefficient (Wildman–Crippen LogP) is 2.18. The smallest absolute Gasteiger partial charge is 0.252 e. The molecule has 2 aromatic heterocycles. The topological polar surface area (TPSA) is 77.3 Å². The number of aromatic nitrogens is 2. The van der Waals surface area contributed by atoms with E-state index in [0.29, 0.717) is 35.9 Å². The monoisotopic (exact) mass is 295 g/mol. The zero-order chi connectivity index (χ0) is 14.9. The van der Waals surface area contributed by atoms with E-state index in [-0.39, 0.29) is 12.5 Å². The maximum atomic E-state index is 12.3. The minimum Gasteiger partial charge on any atom is -0.437 e. The van der Waals surface area contributed by atoms with Crippen LogP contribution in [0.4, 0.5) is 0 Å². The molecule has 0 fully saturated rings. The van der Waals surface area contributed by atoms with Crippen molar-refractivity contribution in [3.05, 3.63) is 59.1 Å². The van der Waals surface area contributed by atoms with Gasteiger partial charge in [0, 0.05) is 11.8 Å². The summed E-state index contributed by atoms with van der Waals surface area (Å²) < 4.78 is 10.9. The average Bonchev–Trinajstić information content (AvgIpc) is 3.18. The van der Waals surface area contributed by atoms with Crippen molar-refractivity contribution in [1.29, 1.82) is 0 Å². The summed E-state index contributed by atoms with van der Waals surface area (Å²) in [6.07, 6.45) is 1.65. The van der Waals surface area contributed by atoms with Crippen molar-refractivity contribution in [1.82, 2.24) is 15.3 Å². The van der Waals surface area contributed by atoms with E-state index in [0.717, 1.165) is 11.1 Å². The van der Waals surface area contributed by atoms with Crippen LogP contribution in [0.15, 0.2) is 40.9 Å². The first-order valence-electron chi connectivity index (χ1n) is 6.98. The summed E-state index contributed by atoms with van der Waals surface area (Å²) in [5.41, 5.74) is 3.82. The fourth-order valence-corrected chi connectivity index (χ4v) is 2.56. The van der Waals surface area contributed by atoms with Crippen LogP contribution in [-0.2, 0) is 24.5 Å². The van der Waals surface area contributed by atoms with E-state index >= 15 is 0 Å². The molecular weight excluding hydrogens is 282 g/mol. The van der Waals surface area contributed by atoms with Gasteiger partial charge in [0.15, 0.2) is 11.2 Å². The molecule has 1 aromatic carbocycles. The molecular formula is C16H13N3O3. The van der Waals surface area contributed by atoms with Crippen LogP contribution in [0.2, 0.25) is 0 Å². The minimum absolute atomic E-state index is 0.155. The number of benzene rings is 1. The van der Waals surface area contributed by atoms with Gasteiger partial charge in [-0.05, 0) is 29.3 Å². The Hall–Kier alpha value is -2.73. The molecule has 0 spiro atoms. The van der Waals surface area contributed by atoms with E-state index < -0.39 is 0 Å². The SMILES string of the molecule is O=C(NCc1nc2ncccc2o1)c1cccc2c1COC2. The fourth-order valence-electron chi connectivity index (χ4n) is 2.56. The molecule has 0 unspecified atom stereocenters. The minimum atomic E-state index is -0.155. The van der Waals surface area contributed by atoms with Crippen LogP contribution >= 0.6 is 0 Å². The summed E-state index contributed by atoms with van der Waals surface area (Å²) in [7, 11) is 0. The van der Waals surface area contributed by atoms with Crippen LogP contribution in [0.25, 0.3) is 11.2 Å². The van der Waals surface area contributed by atoms with Gasteiger partial charge in [-0.3, -0.25) is 4.79 Å². The summed E-state index contributed by atoms with van der Waals surface area (Å²) in [6.45, 7) is 1.26. The lowest BCUT2D eigenvalue weighted by atomic mass is 10.0. The Morgan fingerprint density at radius 2 is 2.18 bits per heavy atom. The normalized spacial score (nSPS) is 13.3. The first-order valence-corrected chi connectivity index (χ1v) is 6.98.